The molecule has 1 aromatic carbocycles. The summed E-state index contributed by atoms with van der Waals surface area (Å²) in [5.41, 5.74) is 1.83. The molecule has 3 aromatic rings. The van der Waals surface area contributed by atoms with Gasteiger partial charge in [0, 0.05) is 5.56 Å². The first-order chi connectivity index (χ1) is 9.90. The van der Waals surface area contributed by atoms with E-state index in [1.165, 1.54) is 30.5 Å². The van der Waals surface area contributed by atoms with E-state index < -0.39 is 12.1 Å². The Morgan fingerprint density at radius 1 is 1.19 bits per heavy atom. The highest BCUT2D eigenvalue weighted by molar-refractivity contribution is 5.77. The molecule has 0 unspecified atom stereocenters. The SMILES string of the molecule is O=c1[nH]c2cc(-c3ccc(OC(F)(F)F)cc3)ncc2o1. The van der Waals surface area contributed by atoms with Crippen LogP contribution >= 0.6 is 0 Å². The quantitative estimate of drug-likeness (QED) is 0.789. The van der Waals surface area contributed by atoms with Crippen LogP contribution in [0.1, 0.15) is 0 Å². The molecule has 0 aliphatic heterocycles. The van der Waals surface area contributed by atoms with Crippen LogP contribution in [0.25, 0.3) is 22.4 Å². The lowest BCUT2D eigenvalue weighted by atomic mass is 10.1. The summed E-state index contributed by atoms with van der Waals surface area (Å²) in [6.45, 7) is 0. The largest absolute Gasteiger partial charge is 0.573 e. The molecule has 0 spiro atoms. The molecule has 0 bridgehead atoms. The number of ether oxygens (including phenoxy) is 1. The first-order valence-electron chi connectivity index (χ1n) is 5.76. The minimum Gasteiger partial charge on any atom is -0.406 e. The van der Waals surface area contributed by atoms with Gasteiger partial charge in [-0.3, -0.25) is 9.97 Å². The molecular weight excluding hydrogens is 289 g/mol. The summed E-state index contributed by atoms with van der Waals surface area (Å²) in [4.78, 5) is 17.6. The highest BCUT2D eigenvalue weighted by Gasteiger charge is 2.30. The van der Waals surface area contributed by atoms with Gasteiger partial charge in [0.05, 0.1) is 17.4 Å². The molecule has 0 fully saturated rings. The summed E-state index contributed by atoms with van der Waals surface area (Å²) in [7, 11) is 0. The zero-order chi connectivity index (χ0) is 15.0. The monoisotopic (exact) mass is 296 g/mol. The summed E-state index contributed by atoms with van der Waals surface area (Å²) in [5, 5.41) is 0. The Balaban J connectivity index is 1.93. The summed E-state index contributed by atoms with van der Waals surface area (Å²) >= 11 is 0. The first kappa shape index (κ1) is 13.2. The van der Waals surface area contributed by atoms with Crippen molar-refractivity contribution in [2.45, 2.75) is 6.36 Å². The van der Waals surface area contributed by atoms with Crippen LogP contribution in [0.15, 0.2) is 45.7 Å². The average molecular weight is 296 g/mol. The number of alkyl halides is 3. The van der Waals surface area contributed by atoms with Crippen LogP contribution in [0.3, 0.4) is 0 Å². The van der Waals surface area contributed by atoms with Gasteiger partial charge in [0.25, 0.3) is 0 Å². The smallest absolute Gasteiger partial charge is 0.406 e. The number of H-pyrrole nitrogens is 1. The van der Waals surface area contributed by atoms with E-state index in [9.17, 15) is 18.0 Å². The molecule has 21 heavy (non-hydrogen) atoms. The molecule has 0 radical (unpaired) electrons. The van der Waals surface area contributed by atoms with Gasteiger partial charge in [-0.2, -0.15) is 0 Å². The van der Waals surface area contributed by atoms with Crippen LogP contribution in [-0.4, -0.2) is 16.3 Å². The van der Waals surface area contributed by atoms with Crippen LogP contribution in [0, 0.1) is 0 Å². The molecule has 1 N–H and O–H groups in total. The highest BCUT2D eigenvalue weighted by atomic mass is 19.4. The molecule has 0 saturated heterocycles. The third-order valence-electron chi connectivity index (χ3n) is 2.69. The van der Waals surface area contributed by atoms with Crippen molar-refractivity contribution in [1.29, 1.82) is 0 Å². The molecule has 5 nitrogen and oxygen atoms in total. The van der Waals surface area contributed by atoms with E-state index in [0.717, 1.165) is 0 Å². The molecule has 0 atom stereocenters. The Morgan fingerprint density at radius 3 is 2.57 bits per heavy atom. The molecule has 3 rings (SSSR count). The van der Waals surface area contributed by atoms with Crippen LogP contribution in [0.4, 0.5) is 13.2 Å². The summed E-state index contributed by atoms with van der Waals surface area (Å²) in [6.07, 6.45) is -3.36. The Bertz CT molecular complexity index is 834. The van der Waals surface area contributed by atoms with Gasteiger partial charge in [-0.1, -0.05) is 0 Å². The number of benzene rings is 1. The number of aromatic nitrogens is 2. The molecule has 0 amide bonds. The molecule has 2 aromatic heterocycles. The molecule has 8 heteroatoms. The maximum atomic E-state index is 12.1. The number of nitrogens with zero attached hydrogens (tertiary/aromatic N) is 1. The fourth-order valence-corrected chi connectivity index (χ4v) is 1.84. The fraction of sp³-hybridized carbons (Fsp3) is 0.0769. The number of halogens is 3. The predicted molar refractivity (Wildman–Crippen MR) is 66.7 cm³/mol. The van der Waals surface area contributed by atoms with Crippen LogP contribution in [0.2, 0.25) is 0 Å². The first-order valence-corrected chi connectivity index (χ1v) is 5.76. The Kier molecular flexibility index (Phi) is 2.93. The number of pyridine rings is 1. The van der Waals surface area contributed by atoms with Gasteiger partial charge in [-0.15, -0.1) is 13.2 Å². The van der Waals surface area contributed by atoms with E-state index >= 15 is 0 Å². The zero-order valence-corrected chi connectivity index (χ0v) is 10.3. The maximum absolute atomic E-state index is 12.1. The number of rotatable bonds is 2. The number of hydrogen-bond donors (Lipinski definition) is 1. The lowest BCUT2D eigenvalue weighted by molar-refractivity contribution is -0.274. The lowest BCUT2D eigenvalue weighted by Crippen LogP contribution is -2.16. The maximum Gasteiger partial charge on any atom is 0.573 e. The topological polar surface area (TPSA) is 68.1 Å². The molecule has 0 saturated carbocycles. The van der Waals surface area contributed by atoms with Gasteiger partial charge >= 0.3 is 12.1 Å². The predicted octanol–water partition coefficient (Wildman–Crippen LogP) is 3.08. The number of aromatic amines is 1. The van der Waals surface area contributed by atoms with Gasteiger partial charge in [0.1, 0.15) is 5.75 Å². The number of fused-ring (bicyclic) bond motifs is 1. The van der Waals surface area contributed by atoms with E-state index in [1.807, 2.05) is 0 Å². The average Bonchev–Trinajstić information content (AvgIpc) is 2.76. The van der Waals surface area contributed by atoms with E-state index in [2.05, 4.69) is 14.7 Å². The second-order valence-electron chi connectivity index (χ2n) is 4.15. The summed E-state index contributed by atoms with van der Waals surface area (Å²) in [5.74, 6) is -0.915. The summed E-state index contributed by atoms with van der Waals surface area (Å²) < 4.78 is 44.8. The molecule has 2 heterocycles. The van der Waals surface area contributed by atoms with Crippen molar-refractivity contribution in [3.05, 3.63) is 47.1 Å². The molecular formula is C13H7F3N2O3. The lowest BCUT2D eigenvalue weighted by Gasteiger charge is -2.09. The number of nitrogens with one attached hydrogen (secondary N) is 1. The standard InChI is InChI=1S/C13H7F3N2O3/c14-13(15,16)21-8-3-1-7(2-4-8)9-5-10-11(6-17-9)20-12(19)18-10/h1-6H,(H,18,19). The fourth-order valence-electron chi connectivity index (χ4n) is 1.84. The van der Waals surface area contributed by atoms with Crippen LogP contribution in [-0.2, 0) is 0 Å². The normalized spacial score (nSPS) is 11.8. The van der Waals surface area contributed by atoms with E-state index in [-0.39, 0.29) is 5.75 Å². The summed E-state index contributed by atoms with van der Waals surface area (Å²) in [6, 6.07) is 6.82. The van der Waals surface area contributed by atoms with Crippen LogP contribution < -0.4 is 10.5 Å². The van der Waals surface area contributed by atoms with Crippen molar-refractivity contribution in [3.63, 3.8) is 0 Å². The second-order valence-corrected chi connectivity index (χ2v) is 4.15. The molecule has 0 aliphatic carbocycles. The number of hydrogen-bond acceptors (Lipinski definition) is 4. The van der Waals surface area contributed by atoms with Crippen molar-refractivity contribution >= 4 is 11.1 Å². The van der Waals surface area contributed by atoms with Gasteiger partial charge in [-0.25, -0.2) is 4.79 Å². The second kappa shape index (κ2) is 4.65. The van der Waals surface area contributed by atoms with Crippen molar-refractivity contribution in [2.24, 2.45) is 0 Å². The van der Waals surface area contributed by atoms with E-state index in [0.29, 0.717) is 22.4 Å². The molecule has 108 valence electrons. The van der Waals surface area contributed by atoms with Crippen molar-refractivity contribution in [3.8, 4) is 17.0 Å². The Hall–Kier alpha value is -2.77. The van der Waals surface area contributed by atoms with Gasteiger partial charge < -0.3 is 9.15 Å². The van der Waals surface area contributed by atoms with Gasteiger partial charge in [0.15, 0.2) is 5.58 Å². The molecule has 0 aliphatic rings. The third kappa shape index (κ3) is 2.88. The highest BCUT2D eigenvalue weighted by Crippen LogP contribution is 2.26. The van der Waals surface area contributed by atoms with Gasteiger partial charge in [-0.05, 0) is 30.3 Å². The number of oxazole rings is 1. The van der Waals surface area contributed by atoms with E-state index in [1.54, 1.807) is 6.07 Å². The minimum absolute atomic E-state index is 0.306. The third-order valence-corrected chi connectivity index (χ3v) is 2.69. The zero-order valence-electron chi connectivity index (χ0n) is 10.3. The minimum atomic E-state index is -4.73. The van der Waals surface area contributed by atoms with Crippen molar-refractivity contribution in [2.75, 3.05) is 0 Å². The Labute approximate surface area is 115 Å². The van der Waals surface area contributed by atoms with Crippen LogP contribution in [0.5, 0.6) is 5.75 Å². The van der Waals surface area contributed by atoms with E-state index in [4.69, 9.17) is 4.42 Å². The van der Waals surface area contributed by atoms with Crippen molar-refractivity contribution in [1.82, 2.24) is 9.97 Å². The Morgan fingerprint density at radius 2 is 1.90 bits per heavy atom. The van der Waals surface area contributed by atoms with Crippen molar-refractivity contribution < 1.29 is 22.3 Å². The van der Waals surface area contributed by atoms with Gasteiger partial charge in [0.2, 0.25) is 0 Å².